The summed E-state index contributed by atoms with van der Waals surface area (Å²) < 4.78 is 61.9. The predicted molar refractivity (Wildman–Crippen MR) is 95.4 cm³/mol. The topological polar surface area (TPSA) is 83.1 Å². The second-order valence-corrected chi connectivity index (χ2v) is 6.72. The van der Waals surface area contributed by atoms with E-state index in [1.54, 1.807) is 12.2 Å². The van der Waals surface area contributed by atoms with Gasteiger partial charge >= 0.3 is 17.9 Å². The van der Waals surface area contributed by atoms with Gasteiger partial charge in [0.05, 0.1) is 33.5 Å². The minimum Gasteiger partial charge on any atom is -0.497 e. The number of ether oxygens (including phenoxy) is 4. The Morgan fingerprint density at radius 2 is 1.79 bits per heavy atom. The van der Waals surface area contributed by atoms with E-state index in [4.69, 9.17) is 14.2 Å². The van der Waals surface area contributed by atoms with Gasteiger partial charge in [0.25, 0.3) is 5.91 Å². The molecule has 162 valence electrons. The van der Waals surface area contributed by atoms with Crippen LogP contribution in [0.2, 0.25) is 0 Å². The van der Waals surface area contributed by atoms with Crippen molar-refractivity contribution in [3.8, 4) is 5.75 Å². The Morgan fingerprint density at radius 1 is 1.17 bits per heavy atom. The molecule has 1 aromatic carbocycles. The number of carbonyl (C=O) groups is 2. The van der Waals surface area contributed by atoms with Gasteiger partial charge in [-0.05, 0) is 37.6 Å². The normalized spacial score (nSPS) is 17.6. The average molecular weight is 419 g/mol. The van der Waals surface area contributed by atoms with Crippen LogP contribution in [0.5, 0.6) is 5.75 Å². The first kappa shape index (κ1) is 23.0. The Balaban J connectivity index is 2.34. The van der Waals surface area contributed by atoms with Crippen LogP contribution in [0.3, 0.4) is 0 Å². The highest BCUT2D eigenvalue weighted by Gasteiger charge is 2.65. The molecule has 1 amide bonds. The van der Waals surface area contributed by atoms with Gasteiger partial charge in [0.2, 0.25) is 0 Å². The summed E-state index contributed by atoms with van der Waals surface area (Å²) in [4.78, 5) is 24.9. The van der Waals surface area contributed by atoms with Gasteiger partial charge in [-0.2, -0.15) is 13.2 Å². The molecule has 7 nitrogen and oxygen atoms in total. The maximum Gasteiger partial charge on any atom is 0.448 e. The molecule has 0 radical (unpaired) electrons. The summed E-state index contributed by atoms with van der Waals surface area (Å²) in [6, 6.07) is 5.36. The van der Waals surface area contributed by atoms with Crippen LogP contribution in [-0.4, -0.2) is 57.3 Å². The summed E-state index contributed by atoms with van der Waals surface area (Å²) in [7, 11) is 1.41. The van der Waals surface area contributed by atoms with Crippen LogP contribution in [0.1, 0.15) is 30.6 Å². The molecule has 1 atom stereocenters. The van der Waals surface area contributed by atoms with Crippen molar-refractivity contribution in [2.24, 2.45) is 5.41 Å². The maximum atomic E-state index is 14.1. The highest BCUT2D eigenvalue weighted by molar-refractivity contribution is 5.98. The van der Waals surface area contributed by atoms with E-state index < -0.39 is 35.8 Å². The summed E-state index contributed by atoms with van der Waals surface area (Å²) >= 11 is 0. The molecule has 2 rings (SSSR count). The molecule has 1 heterocycles. The van der Waals surface area contributed by atoms with Gasteiger partial charge in [0.15, 0.2) is 0 Å². The summed E-state index contributed by atoms with van der Waals surface area (Å²) in [5.41, 5.74) is -4.41. The largest absolute Gasteiger partial charge is 0.497 e. The fourth-order valence-corrected chi connectivity index (χ4v) is 2.66. The van der Waals surface area contributed by atoms with E-state index in [0.717, 1.165) is 0 Å². The summed E-state index contributed by atoms with van der Waals surface area (Å²) in [6.07, 6.45) is -4.78. The first-order chi connectivity index (χ1) is 13.6. The Hall–Kier alpha value is -2.33. The number of hydrogen-bond acceptors (Lipinski definition) is 6. The van der Waals surface area contributed by atoms with Crippen molar-refractivity contribution < 1.29 is 41.7 Å². The van der Waals surface area contributed by atoms with Crippen molar-refractivity contribution in [3.63, 3.8) is 0 Å². The lowest BCUT2D eigenvalue weighted by Crippen LogP contribution is -2.67. The summed E-state index contributed by atoms with van der Waals surface area (Å²) in [5, 5.41) is 1.71. The van der Waals surface area contributed by atoms with Crippen molar-refractivity contribution in [2.45, 2.75) is 32.2 Å². The molecule has 1 aliphatic rings. The van der Waals surface area contributed by atoms with Crippen LogP contribution in [-0.2, 0) is 19.0 Å². The van der Waals surface area contributed by atoms with Crippen LogP contribution in [0, 0.1) is 5.41 Å². The zero-order valence-electron chi connectivity index (χ0n) is 16.4. The number of amides is 1. The Labute approximate surface area is 166 Å². The molecule has 0 aromatic heterocycles. The molecular weight excluding hydrogens is 395 g/mol. The third-order valence-electron chi connectivity index (χ3n) is 4.77. The van der Waals surface area contributed by atoms with Gasteiger partial charge in [0.1, 0.15) is 5.75 Å². The van der Waals surface area contributed by atoms with E-state index in [1.165, 1.54) is 38.3 Å². The highest BCUT2D eigenvalue weighted by atomic mass is 19.4. The molecule has 1 aromatic rings. The molecule has 1 fully saturated rings. The molecule has 0 bridgehead atoms. The van der Waals surface area contributed by atoms with Gasteiger partial charge in [-0.1, -0.05) is 6.92 Å². The minimum atomic E-state index is -5.26. The fourth-order valence-electron chi connectivity index (χ4n) is 2.66. The Bertz CT molecular complexity index is 712. The van der Waals surface area contributed by atoms with Crippen LogP contribution >= 0.6 is 0 Å². The van der Waals surface area contributed by atoms with Gasteiger partial charge in [0, 0.05) is 11.0 Å². The van der Waals surface area contributed by atoms with E-state index >= 15 is 0 Å². The van der Waals surface area contributed by atoms with Crippen molar-refractivity contribution in [1.82, 2.24) is 5.32 Å². The van der Waals surface area contributed by atoms with Gasteiger partial charge in [-0.15, -0.1) is 0 Å². The van der Waals surface area contributed by atoms with Crippen molar-refractivity contribution in [1.29, 1.82) is 0 Å². The van der Waals surface area contributed by atoms with Crippen molar-refractivity contribution >= 4 is 11.9 Å². The van der Waals surface area contributed by atoms with Gasteiger partial charge < -0.3 is 24.3 Å². The summed E-state index contributed by atoms with van der Waals surface area (Å²) in [6.45, 7) is 2.78. The smallest absolute Gasteiger partial charge is 0.448 e. The molecule has 0 aliphatic carbocycles. The second-order valence-electron chi connectivity index (χ2n) is 6.72. The highest BCUT2D eigenvalue weighted by Crippen LogP contribution is 2.38. The second kappa shape index (κ2) is 9.00. The number of alkyl halides is 3. The zero-order chi connectivity index (χ0) is 21.7. The third-order valence-corrected chi connectivity index (χ3v) is 4.77. The molecule has 0 unspecified atom stereocenters. The number of methoxy groups -OCH3 is 1. The van der Waals surface area contributed by atoms with E-state index in [1.807, 2.05) is 0 Å². The molecule has 0 saturated carbocycles. The molecule has 1 aliphatic heterocycles. The fraction of sp³-hybridized carbons (Fsp3) is 0.579. The molecule has 29 heavy (non-hydrogen) atoms. The van der Waals surface area contributed by atoms with Crippen molar-refractivity contribution in [2.75, 3.05) is 33.5 Å². The monoisotopic (exact) mass is 419 g/mol. The van der Waals surface area contributed by atoms with Crippen molar-refractivity contribution in [3.05, 3.63) is 29.8 Å². The predicted octanol–water partition coefficient (Wildman–Crippen LogP) is 2.69. The Morgan fingerprint density at radius 3 is 2.21 bits per heavy atom. The third kappa shape index (κ3) is 4.81. The minimum absolute atomic E-state index is 0.107. The van der Waals surface area contributed by atoms with Crippen LogP contribution in [0.15, 0.2) is 24.3 Å². The number of halogens is 3. The van der Waals surface area contributed by atoms with E-state index in [-0.39, 0.29) is 25.4 Å². The summed E-state index contributed by atoms with van der Waals surface area (Å²) in [5.74, 6) is -2.46. The van der Waals surface area contributed by atoms with Gasteiger partial charge in [-0.25, -0.2) is 4.79 Å². The van der Waals surface area contributed by atoms with Crippen LogP contribution < -0.4 is 10.1 Å². The molecule has 10 heteroatoms. The molecule has 1 N–H and O–H groups in total. The molecule has 0 spiro atoms. The Kier molecular flexibility index (Phi) is 7.12. The number of esters is 1. The van der Waals surface area contributed by atoms with Crippen LogP contribution in [0.4, 0.5) is 13.2 Å². The zero-order valence-corrected chi connectivity index (χ0v) is 16.4. The van der Waals surface area contributed by atoms with E-state index in [9.17, 15) is 22.8 Å². The lowest BCUT2D eigenvalue weighted by Gasteiger charge is -2.43. The molecule has 1 saturated heterocycles. The average Bonchev–Trinajstić information content (AvgIpc) is 2.65. The SMILES string of the molecule is CCOC(=O)[C@@](NC(=O)c1ccc(OC)cc1)(OCC1(CC)COC1)C(F)(F)F. The van der Waals surface area contributed by atoms with E-state index in [2.05, 4.69) is 4.74 Å². The standard InChI is InChI=1S/C19H24F3NO6/c1-4-17(10-27-11-17)12-29-18(19(20,21)22,16(25)28-5-2)23-15(24)13-6-8-14(26-3)9-7-13/h6-9H,4-5,10-12H2,1-3H3,(H,23,24)/t18-/m1/s1. The van der Waals surface area contributed by atoms with Crippen LogP contribution in [0.25, 0.3) is 0 Å². The van der Waals surface area contributed by atoms with E-state index in [0.29, 0.717) is 12.2 Å². The lowest BCUT2D eigenvalue weighted by atomic mass is 9.84. The number of hydrogen-bond donors (Lipinski definition) is 1. The quantitative estimate of drug-likeness (QED) is 0.490. The number of carbonyl (C=O) groups excluding carboxylic acids is 2. The molecular formula is C19H24F3NO6. The number of nitrogens with one attached hydrogen (secondary N) is 1. The number of rotatable bonds is 9. The first-order valence-corrected chi connectivity index (χ1v) is 9.05. The maximum absolute atomic E-state index is 14.1. The number of benzene rings is 1. The lowest BCUT2D eigenvalue weighted by molar-refractivity contribution is -0.298. The first-order valence-electron chi connectivity index (χ1n) is 9.05. The van der Waals surface area contributed by atoms with Gasteiger partial charge in [-0.3, -0.25) is 4.79 Å².